The molecule has 0 saturated carbocycles. The molecular weight excluding hydrogens is 120 g/mol. The van der Waals surface area contributed by atoms with E-state index in [4.69, 9.17) is 0 Å². The van der Waals surface area contributed by atoms with Gasteiger partial charge in [0.05, 0.1) is 0 Å². The number of benzene rings is 1. The van der Waals surface area contributed by atoms with E-state index in [-0.39, 0.29) is 5.41 Å². The lowest BCUT2D eigenvalue weighted by molar-refractivity contribution is 0.590. The van der Waals surface area contributed by atoms with Crippen LogP contribution in [0.3, 0.4) is 0 Å². The van der Waals surface area contributed by atoms with Gasteiger partial charge in [-0.2, -0.15) is 0 Å². The van der Waals surface area contributed by atoms with Crippen molar-refractivity contribution in [1.29, 1.82) is 0 Å². The van der Waals surface area contributed by atoms with E-state index in [2.05, 4.69) is 39.0 Å². The number of hydrogen-bond donors (Lipinski definition) is 0. The van der Waals surface area contributed by atoms with Gasteiger partial charge in [-0.1, -0.05) is 32.9 Å². The average molecular weight is 132 g/mol. The van der Waals surface area contributed by atoms with Crippen molar-refractivity contribution in [1.82, 2.24) is 0 Å². The molecule has 0 heterocycles. The Labute approximate surface area is 62.9 Å². The molecule has 0 aliphatic carbocycles. The van der Waals surface area contributed by atoms with Crippen molar-refractivity contribution >= 4 is 0 Å². The van der Waals surface area contributed by atoms with E-state index < -0.39 is 0 Å². The quantitative estimate of drug-likeness (QED) is 0.509. The summed E-state index contributed by atoms with van der Waals surface area (Å²) in [6, 6.07) is 11.8. The molecule has 0 saturated heterocycles. The lowest BCUT2D eigenvalue weighted by atomic mass is 9.87. The molecule has 0 nitrogen and oxygen atoms in total. The van der Waals surface area contributed by atoms with Gasteiger partial charge in [0.15, 0.2) is 0 Å². The molecule has 0 aliphatic heterocycles. The summed E-state index contributed by atoms with van der Waals surface area (Å²) in [4.78, 5) is 0. The minimum Gasteiger partial charge on any atom is -0.0578 e. The van der Waals surface area contributed by atoms with E-state index in [1.807, 2.05) is 12.1 Å². The maximum atomic E-state index is 2.94. The zero-order valence-electron chi connectivity index (χ0n) is 6.73. The minimum absolute atomic E-state index is 0.242. The van der Waals surface area contributed by atoms with Gasteiger partial charge in [-0.15, -0.1) is 0 Å². The van der Waals surface area contributed by atoms with Gasteiger partial charge in [0, 0.05) is 0 Å². The Hall–Kier alpha value is -0.780. The molecule has 52 valence electrons. The van der Waals surface area contributed by atoms with Crippen LogP contribution in [0.2, 0.25) is 0 Å². The van der Waals surface area contributed by atoms with Crippen molar-refractivity contribution in [3.05, 3.63) is 35.9 Å². The molecule has 0 spiro atoms. The average Bonchev–Trinajstić information content (AvgIpc) is 1.88. The fourth-order valence-electron chi connectivity index (χ4n) is 0.814. The highest BCUT2D eigenvalue weighted by Crippen LogP contribution is 2.20. The maximum absolute atomic E-state index is 2.94. The highest BCUT2D eigenvalue weighted by molar-refractivity contribution is 5.20. The van der Waals surface area contributed by atoms with E-state index in [1.54, 1.807) is 0 Å². The second-order valence-electron chi connectivity index (χ2n) is 3.47. The highest BCUT2D eigenvalue weighted by Gasteiger charge is 2.11. The molecule has 0 heteroatoms. The van der Waals surface area contributed by atoms with Gasteiger partial charge in [0.2, 0.25) is 0 Å². The Morgan fingerprint density at radius 2 is 1.90 bits per heavy atom. The maximum Gasteiger partial charge on any atom is -0.00959 e. The van der Waals surface area contributed by atoms with Crippen molar-refractivity contribution in [2.45, 2.75) is 26.2 Å². The molecule has 0 N–H and O–H groups in total. The largest absolute Gasteiger partial charge is 0.0578 e. The standard InChI is InChI=1S/C10H12/c1-10(2,3)9-7-5-4-6-8-9/h5,7-8H,1-3H3. The fraction of sp³-hybridized carbons (Fsp3) is 0.400. The zero-order valence-corrected chi connectivity index (χ0v) is 6.73. The van der Waals surface area contributed by atoms with Gasteiger partial charge in [0.25, 0.3) is 0 Å². The van der Waals surface area contributed by atoms with Crippen molar-refractivity contribution < 1.29 is 0 Å². The third-order valence-electron chi connectivity index (χ3n) is 1.52. The van der Waals surface area contributed by atoms with E-state index >= 15 is 0 Å². The van der Waals surface area contributed by atoms with Crippen LogP contribution < -0.4 is 0 Å². The van der Waals surface area contributed by atoms with Crippen LogP contribution in [0.25, 0.3) is 0 Å². The van der Waals surface area contributed by atoms with E-state index in [0.29, 0.717) is 0 Å². The molecule has 0 atom stereocenters. The monoisotopic (exact) mass is 132 g/mol. The Morgan fingerprint density at radius 1 is 1.20 bits per heavy atom. The lowest BCUT2D eigenvalue weighted by Crippen LogP contribution is -2.10. The van der Waals surface area contributed by atoms with E-state index in [9.17, 15) is 0 Å². The summed E-state index contributed by atoms with van der Waals surface area (Å²) < 4.78 is 0. The van der Waals surface area contributed by atoms with Crippen LogP contribution in [0.1, 0.15) is 26.3 Å². The molecule has 0 amide bonds. The van der Waals surface area contributed by atoms with Crippen molar-refractivity contribution in [2.75, 3.05) is 0 Å². The molecule has 2 radical (unpaired) electrons. The minimum atomic E-state index is 0.242. The summed E-state index contributed by atoms with van der Waals surface area (Å²) in [5.74, 6) is 0. The first-order valence-corrected chi connectivity index (χ1v) is 3.49. The van der Waals surface area contributed by atoms with Crippen LogP contribution >= 0.6 is 0 Å². The smallest absolute Gasteiger partial charge is 0.00959 e. The van der Waals surface area contributed by atoms with Crippen molar-refractivity contribution in [2.24, 2.45) is 0 Å². The summed E-state index contributed by atoms with van der Waals surface area (Å²) in [5.41, 5.74) is 1.55. The third kappa shape index (κ3) is 1.60. The van der Waals surface area contributed by atoms with Gasteiger partial charge in [-0.05, 0) is 29.2 Å². The predicted molar refractivity (Wildman–Crippen MR) is 42.8 cm³/mol. The van der Waals surface area contributed by atoms with E-state index in [1.165, 1.54) is 5.56 Å². The molecule has 0 bridgehead atoms. The summed E-state index contributed by atoms with van der Waals surface area (Å²) in [5, 5.41) is 0. The molecule has 0 aromatic heterocycles. The van der Waals surface area contributed by atoms with Crippen LogP contribution in [-0.2, 0) is 5.41 Å². The van der Waals surface area contributed by atoms with Crippen LogP contribution in [0, 0.1) is 12.1 Å². The van der Waals surface area contributed by atoms with Gasteiger partial charge in [0.1, 0.15) is 0 Å². The van der Waals surface area contributed by atoms with Crippen molar-refractivity contribution in [3.63, 3.8) is 0 Å². The molecule has 10 heavy (non-hydrogen) atoms. The molecule has 0 aliphatic rings. The first kappa shape index (κ1) is 7.33. The van der Waals surface area contributed by atoms with Crippen LogP contribution in [0.15, 0.2) is 18.2 Å². The topological polar surface area (TPSA) is 0 Å². The summed E-state index contributed by atoms with van der Waals surface area (Å²) in [6.07, 6.45) is 0. The predicted octanol–water partition coefficient (Wildman–Crippen LogP) is 2.58. The SMILES string of the molecule is CC(C)(C)c1c[c][c]cc1. The second kappa shape index (κ2) is 2.45. The highest BCUT2D eigenvalue weighted by atomic mass is 14.2. The van der Waals surface area contributed by atoms with Gasteiger partial charge in [-0.3, -0.25) is 0 Å². The molecule has 1 rings (SSSR count). The summed E-state index contributed by atoms with van der Waals surface area (Å²) >= 11 is 0. The van der Waals surface area contributed by atoms with Crippen LogP contribution in [0.5, 0.6) is 0 Å². The Bertz CT molecular complexity index is 191. The zero-order chi connectivity index (χ0) is 7.61. The molecule has 0 fully saturated rings. The van der Waals surface area contributed by atoms with Crippen molar-refractivity contribution in [3.8, 4) is 0 Å². The molecule has 1 aromatic carbocycles. The van der Waals surface area contributed by atoms with Gasteiger partial charge < -0.3 is 0 Å². The summed E-state index contributed by atoms with van der Waals surface area (Å²) in [7, 11) is 0. The van der Waals surface area contributed by atoms with E-state index in [0.717, 1.165) is 0 Å². The summed E-state index contributed by atoms with van der Waals surface area (Å²) in [6.45, 7) is 6.57. The second-order valence-corrected chi connectivity index (χ2v) is 3.47. The lowest BCUT2D eigenvalue weighted by Gasteiger charge is -2.17. The van der Waals surface area contributed by atoms with Gasteiger partial charge in [-0.25, -0.2) is 0 Å². The number of rotatable bonds is 0. The number of hydrogen-bond acceptors (Lipinski definition) is 0. The fourth-order valence-corrected chi connectivity index (χ4v) is 0.814. The molecule has 0 unspecified atom stereocenters. The first-order valence-electron chi connectivity index (χ1n) is 3.49. The Balaban J connectivity index is 2.97. The Kier molecular flexibility index (Phi) is 1.80. The van der Waals surface area contributed by atoms with Gasteiger partial charge >= 0.3 is 0 Å². The Morgan fingerprint density at radius 3 is 2.20 bits per heavy atom. The molecular formula is C10H12. The third-order valence-corrected chi connectivity index (χ3v) is 1.52. The molecule has 1 aromatic rings. The normalized spacial score (nSPS) is 11.5. The van der Waals surface area contributed by atoms with Crippen LogP contribution in [0.4, 0.5) is 0 Å². The van der Waals surface area contributed by atoms with Crippen LogP contribution in [-0.4, -0.2) is 0 Å². The first-order chi connectivity index (χ1) is 4.61.